The van der Waals surface area contributed by atoms with Gasteiger partial charge in [0.1, 0.15) is 17.2 Å². The number of para-hydroxylation sites is 1. The lowest BCUT2D eigenvalue weighted by atomic mass is 9.89. The van der Waals surface area contributed by atoms with Crippen LogP contribution < -0.4 is 9.47 Å². The number of halogens is 1. The number of esters is 1. The predicted molar refractivity (Wildman–Crippen MR) is 112 cm³/mol. The number of benzene rings is 3. The van der Waals surface area contributed by atoms with E-state index in [1.807, 2.05) is 68.4 Å². The lowest BCUT2D eigenvalue weighted by molar-refractivity contribution is -0.140. The second-order valence-corrected chi connectivity index (χ2v) is 7.43. The van der Waals surface area contributed by atoms with Crippen molar-refractivity contribution >= 4 is 17.6 Å². The van der Waals surface area contributed by atoms with Crippen molar-refractivity contribution in [2.24, 2.45) is 11.8 Å². The van der Waals surface area contributed by atoms with Gasteiger partial charge in [0.25, 0.3) is 0 Å². The van der Waals surface area contributed by atoms with Crippen LogP contribution in [0.1, 0.15) is 19.4 Å². The molecule has 0 radical (unpaired) electrons. The molecule has 3 rings (SSSR count). The van der Waals surface area contributed by atoms with Gasteiger partial charge in [0.05, 0.1) is 5.92 Å². The zero-order valence-electron chi connectivity index (χ0n) is 16.0. The SMILES string of the molecule is CC(C)C(Cc1cccc(Oc2ccccc2)c1)C(=O)Oc1ccc(Cl)cc1. The molecule has 0 amide bonds. The lowest BCUT2D eigenvalue weighted by Crippen LogP contribution is -2.27. The van der Waals surface area contributed by atoms with Crippen molar-refractivity contribution in [1.82, 2.24) is 0 Å². The van der Waals surface area contributed by atoms with Crippen molar-refractivity contribution in [3.05, 3.63) is 89.4 Å². The van der Waals surface area contributed by atoms with Crippen LogP contribution in [0.15, 0.2) is 78.9 Å². The van der Waals surface area contributed by atoms with E-state index in [9.17, 15) is 4.79 Å². The molecule has 0 N–H and O–H groups in total. The molecule has 3 aromatic rings. The molecule has 1 unspecified atom stereocenters. The summed E-state index contributed by atoms with van der Waals surface area (Å²) in [5.74, 6) is 1.66. The molecule has 3 aromatic carbocycles. The van der Waals surface area contributed by atoms with Crippen molar-refractivity contribution in [3.63, 3.8) is 0 Å². The molecule has 144 valence electrons. The number of ether oxygens (including phenoxy) is 2. The first-order chi connectivity index (χ1) is 13.5. The van der Waals surface area contributed by atoms with E-state index in [1.165, 1.54) is 0 Å². The molecule has 0 saturated heterocycles. The molecule has 0 aliphatic heterocycles. The molecule has 3 nitrogen and oxygen atoms in total. The van der Waals surface area contributed by atoms with E-state index in [2.05, 4.69) is 0 Å². The van der Waals surface area contributed by atoms with Crippen molar-refractivity contribution in [3.8, 4) is 17.2 Å². The van der Waals surface area contributed by atoms with Gasteiger partial charge in [0.2, 0.25) is 0 Å². The van der Waals surface area contributed by atoms with Crippen molar-refractivity contribution in [2.45, 2.75) is 20.3 Å². The van der Waals surface area contributed by atoms with Crippen LogP contribution in [-0.2, 0) is 11.2 Å². The highest BCUT2D eigenvalue weighted by Crippen LogP contribution is 2.26. The second-order valence-electron chi connectivity index (χ2n) is 6.99. The van der Waals surface area contributed by atoms with Crippen LogP contribution in [-0.4, -0.2) is 5.97 Å². The Hall–Kier alpha value is -2.78. The van der Waals surface area contributed by atoms with Crippen molar-refractivity contribution < 1.29 is 14.3 Å². The van der Waals surface area contributed by atoms with Gasteiger partial charge < -0.3 is 9.47 Å². The average Bonchev–Trinajstić information content (AvgIpc) is 2.69. The summed E-state index contributed by atoms with van der Waals surface area (Å²) in [6, 6.07) is 24.3. The minimum absolute atomic E-state index is 0.137. The Bertz CT molecular complexity index is 905. The molecular formula is C24H23ClO3. The molecule has 28 heavy (non-hydrogen) atoms. The van der Waals surface area contributed by atoms with Gasteiger partial charge in [-0.2, -0.15) is 0 Å². The van der Waals surface area contributed by atoms with Crippen LogP contribution in [0.5, 0.6) is 17.2 Å². The van der Waals surface area contributed by atoms with Crippen LogP contribution in [0.25, 0.3) is 0 Å². The zero-order valence-corrected chi connectivity index (χ0v) is 16.7. The highest BCUT2D eigenvalue weighted by Gasteiger charge is 2.25. The normalized spacial score (nSPS) is 11.9. The molecule has 4 heteroatoms. The molecule has 0 heterocycles. The molecule has 0 aliphatic carbocycles. The summed E-state index contributed by atoms with van der Waals surface area (Å²) in [6.07, 6.45) is 0.579. The third-order valence-corrected chi connectivity index (χ3v) is 4.72. The van der Waals surface area contributed by atoms with E-state index >= 15 is 0 Å². The van der Waals surface area contributed by atoms with Crippen molar-refractivity contribution in [2.75, 3.05) is 0 Å². The Morgan fingerprint density at radius 1 is 0.857 bits per heavy atom. The van der Waals surface area contributed by atoms with Gasteiger partial charge in [0.15, 0.2) is 0 Å². The summed E-state index contributed by atoms with van der Waals surface area (Å²) >= 11 is 5.89. The van der Waals surface area contributed by atoms with E-state index < -0.39 is 0 Å². The highest BCUT2D eigenvalue weighted by atomic mass is 35.5. The number of hydrogen-bond donors (Lipinski definition) is 0. The summed E-state index contributed by atoms with van der Waals surface area (Å²) in [5, 5.41) is 0.607. The van der Waals surface area contributed by atoms with Gasteiger partial charge in [-0.1, -0.05) is 55.8 Å². The third kappa shape index (κ3) is 5.61. The van der Waals surface area contributed by atoms with Gasteiger partial charge in [-0.15, -0.1) is 0 Å². The van der Waals surface area contributed by atoms with E-state index in [-0.39, 0.29) is 17.8 Å². The fraction of sp³-hybridized carbons (Fsp3) is 0.208. The van der Waals surface area contributed by atoms with Gasteiger partial charge in [-0.25, -0.2) is 0 Å². The first kappa shape index (κ1) is 20.0. The maximum atomic E-state index is 12.7. The third-order valence-electron chi connectivity index (χ3n) is 4.47. The lowest BCUT2D eigenvalue weighted by Gasteiger charge is -2.20. The van der Waals surface area contributed by atoms with Crippen LogP contribution >= 0.6 is 11.6 Å². The monoisotopic (exact) mass is 394 g/mol. The number of carbonyl (C=O) groups excluding carboxylic acids is 1. The number of carbonyl (C=O) groups is 1. The van der Waals surface area contributed by atoms with E-state index in [0.717, 1.165) is 17.1 Å². The Morgan fingerprint density at radius 2 is 1.54 bits per heavy atom. The topological polar surface area (TPSA) is 35.5 Å². The van der Waals surface area contributed by atoms with E-state index in [1.54, 1.807) is 24.3 Å². The van der Waals surface area contributed by atoms with Crippen molar-refractivity contribution in [1.29, 1.82) is 0 Å². The largest absolute Gasteiger partial charge is 0.457 e. The molecule has 0 aromatic heterocycles. The number of rotatable bonds is 7. The first-order valence-corrected chi connectivity index (χ1v) is 9.68. The second kappa shape index (κ2) is 9.43. The van der Waals surface area contributed by atoms with Gasteiger partial charge in [-0.05, 0) is 66.4 Å². The molecular weight excluding hydrogens is 372 g/mol. The fourth-order valence-corrected chi connectivity index (χ4v) is 3.03. The summed E-state index contributed by atoms with van der Waals surface area (Å²) in [4.78, 5) is 12.7. The summed E-state index contributed by atoms with van der Waals surface area (Å²) in [7, 11) is 0. The summed E-state index contributed by atoms with van der Waals surface area (Å²) < 4.78 is 11.5. The Labute approximate surface area is 170 Å². The molecule has 1 atom stereocenters. The smallest absolute Gasteiger partial charge is 0.314 e. The van der Waals surface area contributed by atoms with Crippen LogP contribution in [0.2, 0.25) is 5.02 Å². The van der Waals surface area contributed by atoms with Crippen LogP contribution in [0.4, 0.5) is 0 Å². The van der Waals surface area contributed by atoms with Gasteiger partial charge in [-0.3, -0.25) is 4.79 Å². The van der Waals surface area contributed by atoms with E-state index in [0.29, 0.717) is 17.2 Å². The predicted octanol–water partition coefficient (Wildman–Crippen LogP) is 6.55. The standard InChI is InChI=1S/C24H23ClO3/c1-17(2)23(24(26)28-21-13-11-19(25)12-14-21)16-18-7-6-10-22(15-18)27-20-8-4-3-5-9-20/h3-15,17,23H,16H2,1-2H3. The van der Waals surface area contributed by atoms with Crippen LogP contribution in [0, 0.1) is 11.8 Å². The average molecular weight is 395 g/mol. The maximum absolute atomic E-state index is 12.7. The molecule has 0 saturated carbocycles. The minimum atomic E-state index is -0.261. The van der Waals surface area contributed by atoms with Crippen LogP contribution in [0.3, 0.4) is 0 Å². The summed E-state index contributed by atoms with van der Waals surface area (Å²) in [5.41, 5.74) is 1.03. The minimum Gasteiger partial charge on any atom is -0.457 e. The highest BCUT2D eigenvalue weighted by molar-refractivity contribution is 6.30. The molecule has 0 spiro atoms. The maximum Gasteiger partial charge on any atom is 0.314 e. The molecule has 0 bridgehead atoms. The quantitative estimate of drug-likeness (QED) is 0.336. The van der Waals surface area contributed by atoms with Gasteiger partial charge >= 0.3 is 5.97 Å². The molecule has 0 aliphatic rings. The zero-order chi connectivity index (χ0) is 19.9. The summed E-state index contributed by atoms with van der Waals surface area (Å²) in [6.45, 7) is 4.05. The Morgan fingerprint density at radius 3 is 2.21 bits per heavy atom. The number of hydrogen-bond acceptors (Lipinski definition) is 3. The Kier molecular flexibility index (Phi) is 6.72. The Balaban J connectivity index is 1.70. The van der Waals surface area contributed by atoms with E-state index in [4.69, 9.17) is 21.1 Å². The molecule has 0 fully saturated rings. The fourth-order valence-electron chi connectivity index (χ4n) is 2.90. The van der Waals surface area contributed by atoms with Gasteiger partial charge in [0, 0.05) is 5.02 Å². The first-order valence-electron chi connectivity index (χ1n) is 9.30.